The maximum atomic E-state index is 12.5. The molecule has 3 aromatic rings. The van der Waals surface area contributed by atoms with Crippen LogP contribution in [-0.4, -0.2) is 32.3 Å². The largest absolute Gasteiger partial charge is 0.342 e. The molecule has 0 spiro atoms. The van der Waals surface area contributed by atoms with Crippen LogP contribution in [0.3, 0.4) is 0 Å². The lowest BCUT2D eigenvalue weighted by molar-refractivity contribution is -0.113. The molecule has 0 saturated carbocycles. The molecule has 1 heterocycles. The van der Waals surface area contributed by atoms with Gasteiger partial charge in [-0.15, -0.1) is 10.2 Å². The van der Waals surface area contributed by atoms with Gasteiger partial charge in [-0.3, -0.25) is 9.59 Å². The van der Waals surface area contributed by atoms with Crippen LogP contribution in [0.1, 0.15) is 41.6 Å². The molecule has 0 unspecified atom stereocenters. The molecule has 2 aromatic carbocycles. The summed E-state index contributed by atoms with van der Waals surface area (Å²) in [6.07, 6.45) is 0. The van der Waals surface area contributed by atoms with Crippen LogP contribution in [0.25, 0.3) is 0 Å². The quantitative estimate of drug-likeness (QED) is 0.426. The zero-order valence-electron chi connectivity index (χ0n) is 17.9. The third-order valence-electron chi connectivity index (χ3n) is 4.65. The molecule has 1 atom stereocenters. The standard InChI is InChI=1S/C22H23Cl2N5O2S/c1-4-29-20(14(3)25-21(31)15-7-5-13(2)6-8-15)27-28-22(29)32-12-19(30)26-18-11-16(23)9-10-17(18)24/h5-11,14H,4,12H2,1-3H3,(H,25,31)(H,26,30)/t14-/m0/s1. The highest BCUT2D eigenvalue weighted by molar-refractivity contribution is 7.99. The smallest absolute Gasteiger partial charge is 0.251 e. The van der Waals surface area contributed by atoms with Crippen molar-refractivity contribution in [3.8, 4) is 0 Å². The van der Waals surface area contributed by atoms with Crippen LogP contribution in [0.5, 0.6) is 0 Å². The second kappa shape index (κ2) is 10.8. The minimum atomic E-state index is -0.357. The fourth-order valence-electron chi connectivity index (χ4n) is 2.98. The fourth-order valence-corrected chi connectivity index (χ4v) is 4.13. The van der Waals surface area contributed by atoms with Crippen molar-refractivity contribution in [3.05, 3.63) is 69.5 Å². The van der Waals surface area contributed by atoms with E-state index in [1.165, 1.54) is 11.8 Å². The Kier molecular flexibility index (Phi) is 8.17. The van der Waals surface area contributed by atoms with Gasteiger partial charge >= 0.3 is 0 Å². The minimum Gasteiger partial charge on any atom is -0.342 e. The van der Waals surface area contributed by atoms with E-state index < -0.39 is 0 Å². The van der Waals surface area contributed by atoms with Crippen LogP contribution in [0.15, 0.2) is 47.6 Å². The SMILES string of the molecule is CCn1c(SCC(=O)Nc2cc(Cl)ccc2Cl)nnc1[C@H](C)NC(=O)c1ccc(C)cc1. The summed E-state index contributed by atoms with van der Waals surface area (Å²) in [4.78, 5) is 24.9. The molecular weight excluding hydrogens is 469 g/mol. The molecule has 0 radical (unpaired) electrons. The predicted octanol–water partition coefficient (Wildman–Crippen LogP) is 5.14. The highest BCUT2D eigenvalue weighted by Crippen LogP contribution is 2.26. The van der Waals surface area contributed by atoms with Crippen molar-refractivity contribution in [2.45, 2.75) is 38.5 Å². The number of halogens is 2. The molecule has 3 rings (SSSR count). The maximum Gasteiger partial charge on any atom is 0.251 e. The van der Waals surface area contributed by atoms with Crippen LogP contribution < -0.4 is 10.6 Å². The summed E-state index contributed by atoms with van der Waals surface area (Å²) in [5.74, 6) is 0.307. The van der Waals surface area contributed by atoms with Crippen LogP contribution >= 0.6 is 35.0 Å². The van der Waals surface area contributed by atoms with Gasteiger partial charge in [0, 0.05) is 17.1 Å². The average molecular weight is 492 g/mol. The highest BCUT2D eigenvalue weighted by Gasteiger charge is 2.20. The number of aryl methyl sites for hydroxylation is 1. The molecule has 7 nitrogen and oxygen atoms in total. The number of hydrogen-bond donors (Lipinski definition) is 2. The first kappa shape index (κ1) is 24.1. The van der Waals surface area contributed by atoms with Gasteiger partial charge in [-0.05, 0) is 51.1 Å². The van der Waals surface area contributed by atoms with E-state index in [1.807, 2.05) is 37.5 Å². The van der Waals surface area contributed by atoms with Crippen molar-refractivity contribution in [1.29, 1.82) is 0 Å². The van der Waals surface area contributed by atoms with Crippen LogP contribution in [-0.2, 0) is 11.3 Å². The van der Waals surface area contributed by atoms with E-state index in [-0.39, 0.29) is 23.6 Å². The highest BCUT2D eigenvalue weighted by atomic mass is 35.5. The average Bonchev–Trinajstić information content (AvgIpc) is 3.18. The van der Waals surface area contributed by atoms with Crippen LogP contribution in [0.2, 0.25) is 10.0 Å². The fraction of sp³-hybridized carbons (Fsp3) is 0.273. The molecule has 0 saturated heterocycles. The van der Waals surface area contributed by atoms with E-state index in [4.69, 9.17) is 23.2 Å². The number of nitrogens with zero attached hydrogens (tertiary/aromatic N) is 3. The van der Waals surface area contributed by atoms with Gasteiger partial charge in [0.05, 0.1) is 22.5 Å². The summed E-state index contributed by atoms with van der Waals surface area (Å²) in [6, 6.07) is 11.9. The Morgan fingerprint density at radius 3 is 2.53 bits per heavy atom. The number of carbonyl (C=O) groups excluding carboxylic acids is 2. The number of benzene rings is 2. The monoisotopic (exact) mass is 491 g/mol. The summed E-state index contributed by atoms with van der Waals surface area (Å²) < 4.78 is 1.88. The summed E-state index contributed by atoms with van der Waals surface area (Å²) >= 11 is 13.3. The number of thioether (sulfide) groups is 1. The number of hydrogen-bond acceptors (Lipinski definition) is 5. The summed E-state index contributed by atoms with van der Waals surface area (Å²) in [7, 11) is 0. The summed E-state index contributed by atoms with van der Waals surface area (Å²) in [5.41, 5.74) is 2.12. The van der Waals surface area contributed by atoms with Gasteiger partial charge in [-0.2, -0.15) is 0 Å². The van der Waals surface area contributed by atoms with E-state index in [0.29, 0.717) is 38.8 Å². The lowest BCUT2D eigenvalue weighted by atomic mass is 10.1. The Morgan fingerprint density at radius 2 is 1.84 bits per heavy atom. The zero-order valence-corrected chi connectivity index (χ0v) is 20.2. The van der Waals surface area contributed by atoms with Gasteiger partial charge in [0.1, 0.15) is 0 Å². The first-order chi connectivity index (χ1) is 15.3. The van der Waals surface area contributed by atoms with E-state index in [0.717, 1.165) is 5.56 Å². The molecular formula is C22H23Cl2N5O2S. The molecule has 168 valence electrons. The molecule has 2 N–H and O–H groups in total. The Bertz CT molecular complexity index is 1120. The van der Waals surface area contributed by atoms with Gasteiger partial charge in [0.2, 0.25) is 5.91 Å². The van der Waals surface area contributed by atoms with Crippen molar-refractivity contribution in [2.24, 2.45) is 0 Å². The lowest BCUT2D eigenvalue weighted by Crippen LogP contribution is -2.28. The molecule has 0 aliphatic heterocycles. The Labute approximate surface area is 200 Å². The van der Waals surface area contributed by atoms with Crippen molar-refractivity contribution in [2.75, 3.05) is 11.1 Å². The van der Waals surface area contributed by atoms with E-state index in [2.05, 4.69) is 20.8 Å². The lowest BCUT2D eigenvalue weighted by Gasteiger charge is -2.15. The molecule has 0 bridgehead atoms. The van der Waals surface area contributed by atoms with Crippen molar-refractivity contribution < 1.29 is 9.59 Å². The van der Waals surface area contributed by atoms with Gasteiger partial charge in [-0.1, -0.05) is 52.7 Å². The second-order valence-corrected chi connectivity index (χ2v) is 8.89. The van der Waals surface area contributed by atoms with Gasteiger partial charge in [-0.25, -0.2) is 0 Å². The normalized spacial score (nSPS) is 11.8. The van der Waals surface area contributed by atoms with E-state index in [9.17, 15) is 9.59 Å². The minimum absolute atomic E-state index is 0.116. The molecule has 0 aliphatic carbocycles. The predicted molar refractivity (Wildman–Crippen MR) is 129 cm³/mol. The third-order valence-corrected chi connectivity index (χ3v) is 6.18. The first-order valence-corrected chi connectivity index (χ1v) is 11.7. The third kappa shape index (κ3) is 6.03. The zero-order chi connectivity index (χ0) is 23.3. The van der Waals surface area contributed by atoms with Crippen LogP contribution in [0.4, 0.5) is 5.69 Å². The van der Waals surface area contributed by atoms with Crippen molar-refractivity contribution in [3.63, 3.8) is 0 Å². The molecule has 32 heavy (non-hydrogen) atoms. The Hall–Kier alpha value is -2.55. The number of anilines is 1. The maximum absolute atomic E-state index is 12.5. The molecule has 0 aliphatic rings. The molecule has 1 aromatic heterocycles. The van der Waals surface area contributed by atoms with Gasteiger partial charge in [0.25, 0.3) is 5.91 Å². The first-order valence-electron chi connectivity index (χ1n) is 9.96. The van der Waals surface area contributed by atoms with Crippen molar-refractivity contribution in [1.82, 2.24) is 20.1 Å². The van der Waals surface area contributed by atoms with E-state index >= 15 is 0 Å². The number of amides is 2. The number of nitrogens with one attached hydrogen (secondary N) is 2. The Morgan fingerprint density at radius 1 is 1.12 bits per heavy atom. The second-order valence-electron chi connectivity index (χ2n) is 7.11. The van der Waals surface area contributed by atoms with Crippen molar-refractivity contribution >= 4 is 52.5 Å². The topological polar surface area (TPSA) is 88.9 Å². The number of rotatable bonds is 8. The number of carbonyl (C=O) groups is 2. The molecule has 2 amide bonds. The number of aromatic nitrogens is 3. The molecule has 10 heteroatoms. The van der Waals surface area contributed by atoms with Gasteiger partial charge in [0.15, 0.2) is 11.0 Å². The van der Waals surface area contributed by atoms with E-state index in [1.54, 1.807) is 30.3 Å². The summed E-state index contributed by atoms with van der Waals surface area (Å²) in [5, 5.41) is 15.6. The molecule has 0 fully saturated rings. The van der Waals surface area contributed by atoms with Crippen LogP contribution in [0, 0.1) is 6.92 Å². The Balaban J connectivity index is 1.63. The van der Waals surface area contributed by atoms with Gasteiger partial charge < -0.3 is 15.2 Å². The summed E-state index contributed by atoms with van der Waals surface area (Å²) in [6.45, 7) is 6.37.